The molecule has 25 heavy (non-hydrogen) atoms. The van der Waals surface area contributed by atoms with Crippen molar-refractivity contribution < 1.29 is 27.9 Å². The third-order valence-electron chi connectivity index (χ3n) is 3.90. The summed E-state index contributed by atoms with van der Waals surface area (Å²) in [5, 5.41) is 1.37. The Bertz CT molecular complexity index is 1010. The van der Waals surface area contributed by atoms with E-state index in [4.69, 9.17) is 8.83 Å². The minimum atomic E-state index is -0.506. The van der Waals surface area contributed by atoms with E-state index in [2.05, 4.69) is 9.47 Å². The Kier molecular flexibility index (Phi) is 4.56. The van der Waals surface area contributed by atoms with Crippen molar-refractivity contribution >= 4 is 33.9 Å². The minimum absolute atomic E-state index is 0.000942. The summed E-state index contributed by atoms with van der Waals surface area (Å²) in [6.07, 6.45) is 0.434. The summed E-state index contributed by atoms with van der Waals surface area (Å²) in [7, 11) is 2.61. The van der Waals surface area contributed by atoms with Gasteiger partial charge in [0, 0.05) is 17.9 Å². The van der Waals surface area contributed by atoms with Gasteiger partial charge < -0.3 is 18.3 Å². The van der Waals surface area contributed by atoms with E-state index in [1.165, 1.54) is 20.3 Å². The quantitative estimate of drug-likeness (QED) is 0.518. The molecule has 0 atom stereocenters. The lowest BCUT2D eigenvalue weighted by Crippen LogP contribution is -2.05. The topological polar surface area (TPSA) is 96.0 Å². The van der Waals surface area contributed by atoms with Crippen molar-refractivity contribution in [3.05, 3.63) is 46.0 Å². The first kappa shape index (κ1) is 16.8. The maximum Gasteiger partial charge on any atom is 0.336 e. The van der Waals surface area contributed by atoms with Crippen LogP contribution in [0.1, 0.15) is 17.7 Å². The van der Waals surface area contributed by atoms with E-state index < -0.39 is 11.6 Å². The molecule has 2 heterocycles. The zero-order valence-electron chi connectivity index (χ0n) is 13.8. The van der Waals surface area contributed by atoms with Gasteiger partial charge in [-0.25, -0.2) is 4.79 Å². The second-order valence-electron chi connectivity index (χ2n) is 5.49. The number of carbonyl (C=O) groups is 2. The van der Waals surface area contributed by atoms with E-state index in [1.54, 1.807) is 18.2 Å². The van der Waals surface area contributed by atoms with Gasteiger partial charge in [0.05, 0.1) is 19.6 Å². The molecule has 1 aromatic carbocycles. The lowest BCUT2D eigenvalue weighted by molar-refractivity contribution is -0.141. The van der Waals surface area contributed by atoms with Crippen LogP contribution in [0, 0.1) is 0 Å². The second kappa shape index (κ2) is 6.80. The fourth-order valence-electron chi connectivity index (χ4n) is 2.72. The lowest BCUT2D eigenvalue weighted by Gasteiger charge is -2.05. The van der Waals surface area contributed by atoms with Crippen LogP contribution in [-0.4, -0.2) is 26.2 Å². The molecule has 7 nitrogen and oxygen atoms in total. The third-order valence-corrected chi connectivity index (χ3v) is 3.90. The number of benzene rings is 1. The molecule has 0 saturated heterocycles. The van der Waals surface area contributed by atoms with Gasteiger partial charge in [0.25, 0.3) is 0 Å². The highest BCUT2D eigenvalue weighted by atomic mass is 16.5. The maximum absolute atomic E-state index is 11.8. The fourth-order valence-corrected chi connectivity index (χ4v) is 2.72. The average molecular weight is 344 g/mol. The van der Waals surface area contributed by atoms with Gasteiger partial charge in [0.15, 0.2) is 0 Å². The van der Waals surface area contributed by atoms with Gasteiger partial charge >= 0.3 is 17.6 Å². The molecule has 0 saturated carbocycles. The molecule has 0 aliphatic carbocycles. The van der Waals surface area contributed by atoms with Crippen LogP contribution in [0.4, 0.5) is 0 Å². The smallest absolute Gasteiger partial charge is 0.336 e. The van der Waals surface area contributed by atoms with Crippen LogP contribution >= 0.6 is 0 Å². The summed E-state index contributed by atoms with van der Waals surface area (Å²) in [5.41, 5.74) is 0.980. The van der Waals surface area contributed by atoms with Gasteiger partial charge in [-0.2, -0.15) is 0 Å². The van der Waals surface area contributed by atoms with Crippen LogP contribution < -0.4 is 5.63 Å². The third kappa shape index (κ3) is 3.40. The molecule has 0 radical (unpaired) electrons. The molecular formula is C18H16O7. The number of rotatable bonds is 5. The minimum Gasteiger partial charge on any atom is -0.469 e. The number of furan rings is 1. The molecule has 130 valence electrons. The van der Waals surface area contributed by atoms with Crippen LogP contribution in [-0.2, 0) is 31.9 Å². The summed E-state index contributed by atoms with van der Waals surface area (Å²) in [6, 6.07) is 6.49. The van der Waals surface area contributed by atoms with E-state index >= 15 is 0 Å². The second-order valence-corrected chi connectivity index (χ2v) is 5.49. The van der Waals surface area contributed by atoms with Crippen molar-refractivity contribution in [3.63, 3.8) is 0 Å². The fraction of sp³-hybridized carbons (Fsp3) is 0.278. The summed E-state index contributed by atoms with van der Waals surface area (Å²) in [4.78, 5) is 34.6. The Morgan fingerprint density at radius 1 is 1.04 bits per heavy atom. The van der Waals surface area contributed by atoms with Gasteiger partial charge in [0.2, 0.25) is 0 Å². The number of esters is 2. The standard InChI is InChI=1S/C18H16O7/c1-22-14(19)6-4-10-8-16(21)25-13-5-3-11-7-12(9-15(20)23-2)24-18(11)17(10)13/h3,5,7-8H,4,6,9H2,1-2H3. The average Bonchev–Trinajstić information content (AvgIpc) is 3.01. The van der Waals surface area contributed by atoms with Crippen molar-refractivity contribution in [3.8, 4) is 0 Å². The Hall–Kier alpha value is -3.09. The van der Waals surface area contributed by atoms with Gasteiger partial charge in [-0.05, 0) is 30.2 Å². The van der Waals surface area contributed by atoms with Gasteiger partial charge in [-0.1, -0.05) is 0 Å². The van der Waals surface area contributed by atoms with Crippen molar-refractivity contribution in [2.24, 2.45) is 0 Å². The van der Waals surface area contributed by atoms with Crippen molar-refractivity contribution in [2.45, 2.75) is 19.3 Å². The van der Waals surface area contributed by atoms with Crippen molar-refractivity contribution in [2.75, 3.05) is 14.2 Å². The molecule has 0 amide bonds. The number of methoxy groups -OCH3 is 2. The molecule has 0 aliphatic rings. The summed E-state index contributed by atoms with van der Waals surface area (Å²) < 4.78 is 20.3. The zero-order chi connectivity index (χ0) is 18.0. The molecular weight excluding hydrogens is 328 g/mol. The van der Waals surface area contributed by atoms with Gasteiger partial charge in [0.1, 0.15) is 23.3 Å². The van der Waals surface area contributed by atoms with Crippen LogP contribution in [0.3, 0.4) is 0 Å². The summed E-state index contributed by atoms with van der Waals surface area (Å²) in [6.45, 7) is 0. The largest absolute Gasteiger partial charge is 0.469 e. The predicted molar refractivity (Wildman–Crippen MR) is 88.3 cm³/mol. The molecule has 7 heteroatoms. The highest BCUT2D eigenvalue weighted by molar-refractivity contribution is 6.04. The molecule has 0 fully saturated rings. The monoisotopic (exact) mass is 344 g/mol. The molecule has 3 rings (SSSR count). The zero-order valence-corrected chi connectivity index (χ0v) is 13.8. The molecule has 2 aromatic heterocycles. The number of carbonyl (C=O) groups excluding carboxylic acids is 2. The molecule has 0 N–H and O–H groups in total. The molecule has 3 aromatic rings. The summed E-state index contributed by atoms with van der Waals surface area (Å²) in [5.74, 6) is -0.348. The van der Waals surface area contributed by atoms with E-state index in [-0.39, 0.29) is 18.8 Å². The van der Waals surface area contributed by atoms with Crippen molar-refractivity contribution in [1.29, 1.82) is 0 Å². The van der Waals surface area contributed by atoms with Crippen LogP contribution in [0.25, 0.3) is 21.9 Å². The Balaban J connectivity index is 2.13. The molecule has 0 bridgehead atoms. The maximum atomic E-state index is 11.8. The van der Waals surface area contributed by atoms with Gasteiger partial charge in [-0.3, -0.25) is 9.59 Å². The predicted octanol–water partition coefficient (Wildman–Crippen LogP) is 2.36. The lowest BCUT2D eigenvalue weighted by atomic mass is 10.0. The van der Waals surface area contributed by atoms with E-state index in [0.717, 1.165) is 5.39 Å². The normalized spacial score (nSPS) is 11.0. The number of fused-ring (bicyclic) bond motifs is 3. The van der Waals surface area contributed by atoms with Crippen molar-refractivity contribution in [1.82, 2.24) is 0 Å². The van der Waals surface area contributed by atoms with Crippen LogP contribution in [0.2, 0.25) is 0 Å². The van der Waals surface area contributed by atoms with Gasteiger partial charge in [-0.15, -0.1) is 0 Å². The SMILES string of the molecule is COC(=O)CCc1cc(=O)oc2ccc3cc(CC(=O)OC)oc3c12. The molecule has 0 aliphatic heterocycles. The number of hydrogen-bond donors (Lipinski definition) is 0. The summed E-state index contributed by atoms with van der Waals surface area (Å²) >= 11 is 0. The highest BCUT2D eigenvalue weighted by Gasteiger charge is 2.16. The van der Waals surface area contributed by atoms with Crippen LogP contribution in [0.5, 0.6) is 0 Å². The molecule has 0 spiro atoms. The van der Waals surface area contributed by atoms with E-state index in [1.807, 2.05) is 0 Å². The van der Waals surface area contributed by atoms with E-state index in [0.29, 0.717) is 34.3 Å². The number of hydrogen-bond acceptors (Lipinski definition) is 7. The molecule has 0 unspecified atom stereocenters. The first-order valence-electron chi connectivity index (χ1n) is 7.63. The van der Waals surface area contributed by atoms with E-state index in [9.17, 15) is 14.4 Å². The Labute approximate surface area is 142 Å². The number of ether oxygens (including phenoxy) is 2. The Morgan fingerprint density at radius 2 is 1.80 bits per heavy atom. The first-order valence-corrected chi connectivity index (χ1v) is 7.63. The highest BCUT2D eigenvalue weighted by Crippen LogP contribution is 2.31. The van der Waals surface area contributed by atoms with Crippen LogP contribution in [0.15, 0.2) is 37.9 Å². The first-order chi connectivity index (χ1) is 12.0. The Morgan fingerprint density at radius 3 is 2.52 bits per heavy atom. The number of aryl methyl sites for hydroxylation is 1.